The highest BCUT2D eigenvalue weighted by molar-refractivity contribution is 4.89. The average molecular weight is 649 g/mol. The zero-order chi connectivity index (χ0) is 34.4. The van der Waals surface area contributed by atoms with Gasteiger partial charge in [-0.3, -0.25) is 0 Å². The van der Waals surface area contributed by atoms with Gasteiger partial charge >= 0.3 is 0 Å². The molecular weight excluding hydrogens is 580 g/mol. The molecule has 0 unspecified atom stereocenters. The molecule has 3 saturated heterocycles. The summed E-state index contributed by atoms with van der Waals surface area (Å²) >= 11 is 0. The molecule has 4 aromatic rings. The normalized spacial score (nSPS) is 16.1. The number of rotatable bonds is 0. The maximum Gasteiger partial charge on any atom is 0.285 e. The average Bonchev–Trinajstić information content (AvgIpc) is 3.78. The molecule has 4 aromatic heterocycles. The molecule has 7 heterocycles. The van der Waals surface area contributed by atoms with Gasteiger partial charge in [-0.2, -0.15) is 0 Å². The van der Waals surface area contributed by atoms with Crippen molar-refractivity contribution in [3.63, 3.8) is 0 Å². The molecule has 3 aliphatic heterocycles. The first kappa shape index (κ1) is 41.7. The van der Waals surface area contributed by atoms with Crippen molar-refractivity contribution in [2.45, 2.75) is 57.8 Å². The minimum absolute atomic E-state index is 1.32. The maximum absolute atomic E-state index is 3.85. The van der Waals surface area contributed by atoms with E-state index in [1.807, 2.05) is 138 Å². The lowest BCUT2D eigenvalue weighted by molar-refractivity contribution is -0.674. The summed E-state index contributed by atoms with van der Waals surface area (Å²) in [6.07, 6.45) is 30.3. The van der Waals surface area contributed by atoms with Gasteiger partial charge in [0.1, 0.15) is 13.2 Å². The van der Waals surface area contributed by atoms with Gasteiger partial charge in [-0.1, -0.05) is 30.3 Å². The molecule has 3 fully saturated rings. The summed E-state index contributed by atoms with van der Waals surface area (Å²) < 4.78 is 7.89. The van der Waals surface area contributed by atoms with Crippen LogP contribution in [0, 0.1) is 0 Å². The SMILES string of the molecule is CN1CCCCC1.CN1CCCCC1.CN1CCCCC1.C[n+]1ccccc1.C[n+]1cccnc1.Cn1cccc1.Cn1cccc1. The van der Waals surface area contributed by atoms with Crippen molar-refractivity contribution in [2.24, 2.45) is 28.2 Å². The first-order valence-electron chi connectivity index (χ1n) is 17.6. The van der Waals surface area contributed by atoms with Crippen LogP contribution in [0.15, 0.2) is 104 Å². The predicted octanol–water partition coefficient (Wildman–Crippen LogP) is 5.77. The summed E-state index contributed by atoms with van der Waals surface area (Å²) in [6.45, 7) is 7.92. The number of aromatic nitrogens is 5. The Kier molecular flexibility index (Phi) is 25.6. The number of nitrogens with zero attached hydrogens (tertiary/aromatic N) is 8. The molecule has 262 valence electrons. The summed E-state index contributed by atoms with van der Waals surface area (Å²) in [5.74, 6) is 0. The lowest BCUT2D eigenvalue weighted by Crippen LogP contribution is -2.26. The number of hydrogen-bond donors (Lipinski definition) is 0. The molecule has 8 heteroatoms. The molecular formula is C39H68N8+2. The van der Waals surface area contributed by atoms with E-state index in [-0.39, 0.29) is 0 Å². The van der Waals surface area contributed by atoms with Crippen LogP contribution < -0.4 is 9.13 Å². The van der Waals surface area contributed by atoms with E-state index in [4.69, 9.17) is 0 Å². The molecule has 7 rings (SSSR count). The van der Waals surface area contributed by atoms with Gasteiger partial charge < -0.3 is 23.8 Å². The maximum atomic E-state index is 3.85. The van der Waals surface area contributed by atoms with E-state index in [1.165, 1.54) is 97.1 Å². The standard InChI is InChI=1S/3C6H13N.C6H8N.C5H7N2.2C5H7N/c4*1-7-5-3-2-4-6-7;1-7-4-2-3-6-5-7;2*1-6-4-2-3-5-6/h3*2-6H2,1H3;2-6H,1H3;2-5H,1H3;2*2-5H,1H3/q;;;2*+1;;. The number of piperidine rings is 3. The highest BCUT2D eigenvalue weighted by atomic mass is 15.1. The summed E-state index contributed by atoms with van der Waals surface area (Å²) in [7, 11) is 14.5. The van der Waals surface area contributed by atoms with E-state index in [0.717, 1.165) is 0 Å². The van der Waals surface area contributed by atoms with Crippen molar-refractivity contribution < 1.29 is 9.13 Å². The topological polar surface area (TPSA) is 40.2 Å². The van der Waals surface area contributed by atoms with Crippen molar-refractivity contribution in [2.75, 3.05) is 60.4 Å². The molecule has 0 amide bonds. The smallest absolute Gasteiger partial charge is 0.285 e. The Morgan fingerprint density at radius 2 is 0.745 bits per heavy atom. The zero-order valence-electron chi connectivity index (χ0n) is 31.0. The summed E-state index contributed by atoms with van der Waals surface area (Å²) in [5, 5.41) is 0. The van der Waals surface area contributed by atoms with E-state index >= 15 is 0 Å². The third-order valence-corrected chi connectivity index (χ3v) is 7.85. The van der Waals surface area contributed by atoms with Gasteiger partial charge in [0, 0.05) is 57.1 Å². The van der Waals surface area contributed by atoms with Crippen LogP contribution in [0.4, 0.5) is 0 Å². The first-order valence-corrected chi connectivity index (χ1v) is 17.6. The number of hydrogen-bond acceptors (Lipinski definition) is 4. The molecule has 0 atom stereocenters. The number of aryl methyl sites for hydroxylation is 4. The van der Waals surface area contributed by atoms with Crippen molar-refractivity contribution >= 4 is 0 Å². The van der Waals surface area contributed by atoms with Crippen molar-refractivity contribution in [3.05, 3.63) is 104 Å². The van der Waals surface area contributed by atoms with E-state index in [2.05, 4.69) is 40.8 Å². The highest BCUT2D eigenvalue weighted by Gasteiger charge is 2.03. The molecule has 8 nitrogen and oxygen atoms in total. The second kappa shape index (κ2) is 28.9. The van der Waals surface area contributed by atoms with E-state index < -0.39 is 0 Å². The van der Waals surface area contributed by atoms with E-state index in [9.17, 15) is 0 Å². The van der Waals surface area contributed by atoms with E-state index in [1.54, 1.807) is 12.5 Å². The largest absolute Gasteiger partial charge is 0.357 e. The van der Waals surface area contributed by atoms with Gasteiger partial charge in [-0.25, -0.2) is 9.13 Å². The Morgan fingerprint density at radius 1 is 0.404 bits per heavy atom. The minimum Gasteiger partial charge on any atom is -0.357 e. The Bertz CT molecular complexity index is 1020. The molecule has 0 saturated carbocycles. The number of likely N-dealkylation sites (tertiary alicyclic amines) is 3. The van der Waals surface area contributed by atoms with Crippen LogP contribution in [-0.2, 0) is 28.2 Å². The third kappa shape index (κ3) is 27.5. The Labute approximate surface area is 288 Å². The van der Waals surface area contributed by atoms with Crippen LogP contribution in [0.5, 0.6) is 0 Å². The van der Waals surface area contributed by atoms with Gasteiger partial charge in [0.15, 0.2) is 12.4 Å². The summed E-state index contributed by atoms with van der Waals surface area (Å²) in [5.41, 5.74) is 0. The highest BCUT2D eigenvalue weighted by Crippen LogP contribution is 2.06. The van der Waals surface area contributed by atoms with Crippen LogP contribution in [0.2, 0.25) is 0 Å². The Balaban J connectivity index is 0.000000274. The molecule has 0 aliphatic carbocycles. The summed E-state index contributed by atoms with van der Waals surface area (Å²) in [4.78, 5) is 11.0. The molecule has 0 radical (unpaired) electrons. The van der Waals surface area contributed by atoms with Gasteiger partial charge in [0.2, 0.25) is 0 Å². The minimum atomic E-state index is 1.32. The van der Waals surface area contributed by atoms with Crippen LogP contribution >= 0.6 is 0 Å². The lowest BCUT2D eigenvalue weighted by Gasteiger charge is -2.20. The van der Waals surface area contributed by atoms with Gasteiger partial charge in [0.25, 0.3) is 6.33 Å². The van der Waals surface area contributed by atoms with Crippen molar-refractivity contribution in [1.82, 2.24) is 28.8 Å². The van der Waals surface area contributed by atoms with E-state index in [0.29, 0.717) is 0 Å². The second-order valence-corrected chi connectivity index (χ2v) is 12.8. The molecule has 0 bridgehead atoms. The first-order chi connectivity index (χ1) is 22.8. The van der Waals surface area contributed by atoms with Crippen LogP contribution in [0.1, 0.15) is 57.8 Å². The third-order valence-electron chi connectivity index (χ3n) is 7.85. The Morgan fingerprint density at radius 3 is 0.894 bits per heavy atom. The van der Waals surface area contributed by atoms with Crippen LogP contribution in [-0.4, -0.2) is 89.2 Å². The van der Waals surface area contributed by atoms with Crippen LogP contribution in [0.3, 0.4) is 0 Å². The van der Waals surface area contributed by atoms with Gasteiger partial charge in [0.05, 0.1) is 13.2 Å². The van der Waals surface area contributed by atoms with Crippen molar-refractivity contribution in [1.29, 1.82) is 0 Å². The molecule has 0 spiro atoms. The molecule has 0 N–H and O–H groups in total. The van der Waals surface area contributed by atoms with Crippen molar-refractivity contribution in [3.8, 4) is 0 Å². The fourth-order valence-corrected chi connectivity index (χ4v) is 4.89. The zero-order valence-corrected chi connectivity index (χ0v) is 31.0. The molecule has 3 aliphatic rings. The molecule has 47 heavy (non-hydrogen) atoms. The van der Waals surface area contributed by atoms with Gasteiger partial charge in [-0.05, 0) is 123 Å². The second-order valence-electron chi connectivity index (χ2n) is 12.8. The fourth-order valence-electron chi connectivity index (χ4n) is 4.89. The fraction of sp³-hybridized carbons (Fsp3) is 0.564. The molecule has 0 aromatic carbocycles. The Hall–Kier alpha value is -3.33. The lowest BCUT2D eigenvalue weighted by atomic mass is 10.1. The summed E-state index contributed by atoms with van der Waals surface area (Å²) in [6, 6.07) is 15.9. The number of pyridine rings is 1. The van der Waals surface area contributed by atoms with Gasteiger partial charge in [-0.15, -0.1) is 0 Å². The van der Waals surface area contributed by atoms with Crippen LogP contribution in [0.25, 0.3) is 0 Å². The quantitative estimate of drug-likeness (QED) is 0.227. The monoisotopic (exact) mass is 649 g/mol. The predicted molar refractivity (Wildman–Crippen MR) is 198 cm³/mol.